The molecule has 0 radical (unpaired) electrons. The van der Waals surface area contributed by atoms with E-state index in [0.717, 1.165) is 11.3 Å². The van der Waals surface area contributed by atoms with E-state index in [1.807, 2.05) is 13.8 Å². The Labute approximate surface area is 64.2 Å². The second-order valence-corrected chi connectivity index (χ2v) is 3.51. The maximum absolute atomic E-state index is 3.31. The molecule has 60 valence electrons. The molecule has 1 nitrogen and oxygen atoms in total. The van der Waals surface area contributed by atoms with Gasteiger partial charge in [0.2, 0.25) is 0 Å². The van der Waals surface area contributed by atoms with Gasteiger partial charge in [0.1, 0.15) is 0 Å². The molecule has 0 atom stereocenters. The van der Waals surface area contributed by atoms with Gasteiger partial charge in [-0.05, 0) is 37.3 Å². The molecule has 1 N–H and O–H groups in total. The van der Waals surface area contributed by atoms with Crippen LogP contribution in [0.4, 0.5) is 0 Å². The maximum atomic E-state index is 3.31. The summed E-state index contributed by atoms with van der Waals surface area (Å²) in [5.41, 5.74) is 0.783. The average molecular weight is 141 g/mol. The van der Waals surface area contributed by atoms with Crippen LogP contribution in [0.1, 0.15) is 33.6 Å². The highest BCUT2D eigenvalue weighted by Crippen LogP contribution is 2.52. The third-order valence-electron chi connectivity index (χ3n) is 2.81. The topological polar surface area (TPSA) is 12.0 Å². The molecule has 0 bridgehead atoms. The SMILES string of the molecule is CC.CC1(C2CNC2)CC1. The zero-order valence-electron chi connectivity index (χ0n) is 7.41. The summed E-state index contributed by atoms with van der Waals surface area (Å²) in [4.78, 5) is 0. The average Bonchev–Trinajstić information content (AvgIpc) is 2.49. The van der Waals surface area contributed by atoms with Gasteiger partial charge in [-0.2, -0.15) is 0 Å². The number of rotatable bonds is 1. The van der Waals surface area contributed by atoms with E-state index in [-0.39, 0.29) is 0 Å². The summed E-state index contributed by atoms with van der Waals surface area (Å²) in [6, 6.07) is 0. The lowest BCUT2D eigenvalue weighted by Crippen LogP contribution is -2.46. The van der Waals surface area contributed by atoms with Crippen LogP contribution in [0.5, 0.6) is 0 Å². The quantitative estimate of drug-likeness (QED) is 0.589. The molecule has 1 saturated heterocycles. The molecule has 0 spiro atoms. The van der Waals surface area contributed by atoms with E-state index in [0.29, 0.717) is 0 Å². The smallest absolute Gasteiger partial charge is 0.000302 e. The highest BCUT2D eigenvalue weighted by atomic mass is 15.0. The fourth-order valence-electron chi connectivity index (χ4n) is 1.39. The Morgan fingerprint density at radius 3 is 1.80 bits per heavy atom. The molecule has 2 fully saturated rings. The Morgan fingerprint density at radius 1 is 1.20 bits per heavy atom. The first-order chi connectivity index (χ1) is 4.81. The van der Waals surface area contributed by atoms with Gasteiger partial charge in [0.05, 0.1) is 0 Å². The fourth-order valence-corrected chi connectivity index (χ4v) is 1.39. The van der Waals surface area contributed by atoms with E-state index in [1.165, 1.54) is 25.9 Å². The zero-order valence-corrected chi connectivity index (χ0v) is 7.41. The Bertz CT molecular complexity index is 101. The fraction of sp³-hybridized carbons (Fsp3) is 1.00. The van der Waals surface area contributed by atoms with Crippen LogP contribution in [0, 0.1) is 11.3 Å². The summed E-state index contributed by atoms with van der Waals surface area (Å²) in [7, 11) is 0. The van der Waals surface area contributed by atoms with E-state index in [4.69, 9.17) is 0 Å². The van der Waals surface area contributed by atoms with Crippen LogP contribution in [0.2, 0.25) is 0 Å². The van der Waals surface area contributed by atoms with Crippen molar-refractivity contribution in [2.45, 2.75) is 33.6 Å². The lowest BCUT2D eigenvalue weighted by Gasteiger charge is -2.32. The van der Waals surface area contributed by atoms with Crippen molar-refractivity contribution in [3.8, 4) is 0 Å². The van der Waals surface area contributed by atoms with Crippen LogP contribution in [0.15, 0.2) is 0 Å². The first-order valence-electron chi connectivity index (χ1n) is 4.52. The van der Waals surface area contributed by atoms with E-state index >= 15 is 0 Å². The zero-order chi connectivity index (χ0) is 7.61. The molecule has 1 saturated carbocycles. The molecule has 1 aliphatic carbocycles. The van der Waals surface area contributed by atoms with E-state index in [1.54, 1.807) is 0 Å². The first kappa shape index (κ1) is 8.06. The third-order valence-corrected chi connectivity index (χ3v) is 2.81. The number of hydrogen-bond acceptors (Lipinski definition) is 1. The standard InChI is InChI=1S/C7H13N.C2H6/c1-7(2-3-7)6-4-8-5-6;1-2/h6,8H,2-5H2,1H3;1-2H3. The molecule has 1 heteroatoms. The number of nitrogens with one attached hydrogen (secondary N) is 1. The van der Waals surface area contributed by atoms with Crippen molar-refractivity contribution in [1.29, 1.82) is 0 Å². The van der Waals surface area contributed by atoms with Crippen LogP contribution in [0.25, 0.3) is 0 Å². The van der Waals surface area contributed by atoms with Gasteiger partial charge in [-0.3, -0.25) is 0 Å². The molecule has 2 aliphatic rings. The van der Waals surface area contributed by atoms with Crippen molar-refractivity contribution in [1.82, 2.24) is 5.32 Å². The van der Waals surface area contributed by atoms with Crippen molar-refractivity contribution in [2.75, 3.05) is 13.1 Å². The van der Waals surface area contributed by atoms with Crippen LogP contribution < -0.4 is 5.32 Å². The summed E-state index contributed by atoms with van der Waals surface area (Å²) < 4.78 is 0. The lowest BCUT2D eigenvalue weighted by molar-refractivity contribution is 0.230. The Kier molecular flexibility index (Phi) is 2.35. The molecule has 0 aromatic carbocycles. The maximum Gasteiger partial charge on any atom is -0.000302 e. The molecule has 0 aromatic heterocycles. The van der Waals surface area contributed by atoms with E-state index < -0.39 is 0 Å². The monoisotopic (exact) mass is 141 g/mol. The highest BCUT2D eigenvalue weighted by Gasteiger charge is 2.46. The normalized spacial score (nSPS) is 27.9. The van der Waals surface area contributed by atoms with Gasteiger partial charge in [-0.1, -0.05) is 20.8 Å². The van der Waals surface area contributed by atoms with Gasteiger partial charge in [0.25, 0.3) is 0 Å². The van der Waals surface area contributed by atoms with Crippen LogP contribution in [0.3, 0.4) is 0 Å². The van der Waals surface area contributed by atoms with Crippen molar-refractivity contribution < 1.29 is 0 Å². The van der Waals surface area contributed by atoms with Gasteiger partial charge in [0.15, 0.2) is 0 Å². The lowest BCUT2D eigenvalue weighted by atomic mass is 9.86. The minimum atomic E-state index is 0.783. The van der Waals surface area contributed by atoms with Gasteiger partial charge in [0, 0.05) is 0 Å². The second-order valence-electron chi connectivity index (χ2n) is 3.51. The summed E-state index contributed by atoms with van der Waals surface area (Å²) in [5, 5.41) is 3.31. The number of hydrogen-bond donors (Lipinski definition) is 1. The second kappa shape index (κ2) is 2.91. The van der Waals surface area contributed by atoms with Crippen molar-refractivity contribution in [2.24, 2.45) is 11.3 Å². The van der Waals surface area contributed by atoms with Crippen LogP contribution in [-0.4, -0.2) is 13.1 Å². The molecular formula is C9H19N. The Hall–Kier alpha value is -0.0400. The van der Waals surface area contributed by atoms with Crippen molar-refractivity contribution in [3.63, 3.8) is 0 Å². The van der Waals surface area contributed by atoms with Crippen LogP contribution in [-0.2, 0) is 0 Å². The first-order valence-corrected chi connectivity index (χ1v) is 4.52. The minimum absolute atomic E-state index is 0.783. The Morgan fingerprint density at radius 2 is 1.70 bits per heavy atom. The molecule has 0 unspecified atom stereocenters. The Balaban J connectivity index is 0.000000231. The van der Waals surface area contributed by atoms with Crippen LogP contribution >= 0.6 is 0 Å². The largest absolute Gasteiger partial charge is 0.316 e. The molecule has 10 heavy (non-hydrogen) atoms. The predicted octanol–water partition coefficient (Wildman–Crippen LogP) is 2.03. The summed E-state index contributed by atoms with van der Waals surface area (Å²) in [6.45, 7) is 8.99. The summed E-state index contributed by atoms with van der Waals surface area (Å²) in [5.74, 6) is 1.03. The van der Waals surface area contributed by atoms with E-state index in [2.05, 4.69) is 12.2 Å². The van der Waals surface area contributed by atoms with Gasteiger partial charge in [-0.25, -0.2) is 0 Å². The summed E-state index contributed by atoms with van der Waals surface area (Å²) in [6.07, 6.45) is 2.97. The van der Waals surface area contributed by atoms with Crippen molar-refractivity contribution in [3.05, 3.63) is 0 Å². The molecular weight excluding hydrogens is 122 g/mol. The van der Waals surface area contributed by atoms with E-state index in [9.17, 15) is 0 Å². The molecule has 1 heterocycles. The molecule has 0 amide bonds. The molecule has 1 aliphatic heterocycles. The third kappa shape index (κ3) is 1.34. The van der Waals surface area contributed by atoms with Crippen molar-refractivity contribution >= 4 is 0 Å². The van der Waals surface area contributed by atoms with Gasteiger partial charge < -0.3 is 5.32 Å². The minimum Gasteiger partial charge on any atom is -0.316 e. The summed E-state index contributed by atoms with van der Waals surface area (Å²) >= 11 is 0. The molecule has 0 aromatic rings. The highest BCUT2D eigenvalue weighted by molar-refractivity contribution is 4.99. The van der Waals surface area contributed by atoms with Gasteiger partial charge in [-0.15, -0.1) is 0 Å². The van der Waals surface area contributed by atoms with Gasteiger partial charge >= 0.3 is 0 Å². The molecule has 2 rings (SSSR count). The predicted molar refractivity (Wildman–Crippen MR) is 45.0 cm³/mol.